The molecule has 106 valence electrons. The van der Waals surface area contributed by atoms with Crippen molar-refractivity contribution in [2.45, 2.75) is 19.3 Å². The molecular weight excluding hydrogens is 318 g/mol. The summed E-state index contributed by atoms with van der Waals surface area (Å²) in [5, 5.41) is 3.41. The summed E-state index contributed by atoms with van der Waals surface area (Å²) in [5.74, 6) is 0.842. The number of hydrogen-bond acceptors (Lipinski definition) is 4. The first-order valence-electron chi connectivity index (χ1n) is 7.05. The highest BCUT2D eigenvalue weighted by Gasteiger charge is 2.20. The Labute approximate surface area is 127 Å². The maximum atomic E-state index is 5.62. The fourth-order valence-corrected chi connectivity index (χ4v) is 2.40. The third-order valence-electron chi connectivity index (χ3n) is 3.38. The van der Waals surface area contributed by atoms with Crippen LogP contribution in [-0.4, -0.2) is 29.7 Å². The molecule has 2 aromatic heterocycles. The largest absolute Gasteiger partial charge is 0.383 e. The van der Waals surface area contributed by atoms with E-state index in [2.05, 4.69) is 31.2 Å². The first-order valence-corrected chi connectivity index (χ1v) is 7.84. The van der Waals surface area contributed by atoms with E-state index in [4.69, 9.17) is 4.74 Å². The van der Waals surface area contributed by atoms with Crippen LogP contribution in [0.2, 0.25) is 0 Å². The normalized spacial score (nSPS) is 14.7. The SMILES string of the molecule is Brc1cnc2c(NCCCOCC3CC3)ccnc2c1. The number of nitrogens with one attached hydrogen (secondary N) is 1. The fourth-order valence-electron chi connectivity index (χ4n) is 2.08. The van der Waals surface area contributed by atoms with Crippen LogP contribution in [0, 0.1) is 5.92 Å². The Morgan fingerprint density at radius 2 is 2.25 bits per heavy atom. The van der Waals surface area contributed by atoms with Crippen molar-refractivity contribution in [3.63, 3.8) is 0 Å². The summed E-state index contributed by atoms with van der Waals surface area (Å²) in [4.78, 5) is 8.75. The second kappa shape index (κ2) is 6.50. The zero-order chi connectivity index (χ0) is 13.8. The summed E-state index contributed by atoms with van der Waals surface area (Å²) in [7, 11) is 0. The van der Waals surface area contributed by atoms with E-state index in [1.165, 1.54) is 12.8 Å². The van der Waals surface area contributed by atoms with Gasteiger partial charge >= 0.3 is 0 Å². The molecule has 0 saturated heterocycles. The Morgan fingerprint density at radius 3 is 3.10 bits per heavy atom. The number of aromatic nitrogens is 2. The molecule has 4 nitrogen and oxygen atoms in total. The van der Waals surface area contributed by atoms with Gasteiger partial charge in [0.05, 0.1) is 11.2 Å². The van der Waals surface area contributed by atoms with Gasteiger partial charge in [-0.15, -0.1) is 0 Å². The molecule has 0 unspecified atom stereocenters. The predicted octanol–water partition coefficient (Wildman–Crippen LogP) is 3.62. The lowest BCUT2D eigenvalue weighted by Gasteiger charge is -2.09. The molecule has 1 aliphatic carbocycles. The van der Waals surface area contributed by atoms with E-state index in [9.17, 15) is 0 Å². The van der Waals surface area contributed by atoms with E-state index >= 15 is 0 Å². The van der Waals surface area contributed by atoms with Crippen molar-refractivity contribution in [1.82, 2.24) is 9.97 Å². The summed E-state index contributed by atoms with van der Waals surface area (Å²) in [6.45, 7) is 2.65. The third kappa shape index (κ3) is 3.67. The van der Waals surface area contributed by atoms with E-state index in [1.807, 2.05) is 18.3 Å². The van der Waals surface area contributed by atoms with Crippen molar-refractivity contribution in [3.05, 3.63) is 29.0 Å². The first-order chi connectivity index (χ1) is 9.83. The Balaban J connectivity index is 1.51. The Bertz CT molecular complexity index is 586. The van der Waals surface area contributed by atoms with Gasteiger partial charge in [-0.1, -0.05) is 0 Å². The Morgan fingerprint density at radius 1 is 1.35 bits per heavy atom. The molecule has 0 atom stereocenters. The zero-order valence-electron chi connectivity index (χ0n) is 11.3. The van der Waals surface area contributed by atoms with Crippen LogP contribution in [-0.2, 0) is 4.74 Å². The van der Waals surface area contributed by atoms with Crippen LogP contribution in [0.15, 0.2) is 29.0 Å². The molecule has 5 heteroatoms. The molecule has 1 N–H and O–H groups in total. The number of halogens is 1. The lowest BCUT2D eigenvalue weighted by atomic mass is 10.3. The maximum Gasteiger partial charge on any atom is 0.112 e. The van der Waals surface area contributed by atoms with Crippen molar-refractivity contribution in [1.29, 1.82) is 0 Å². The molecule has 0 aliphatic heterocycles. The van der Waals surface area contributed by atoms with Gasteiger partial charge < -0.3 is 10.1 Å². The van der Waals surface area contributed by atoms with Crippen LogP contribution in [0.25, 0.3) is 11.0 Å². The summed E-state index contributed by atoms with van der Waals surface area (Å²) >= 11 is 3.42. The Hall–Kier alpha value is -1.20. The van der Waals surface area contributed by atoms with Crippen LogP contribution < -0.4 is 5.32 Å². The van der Waals surface area contributed by atoms with Crippen molar-refractivity contribution < 1.29 is 4.74 Å². The molecule has 0 aromatic carbocycles. The van der Waals surface area contributed by atoms with Crippen LogP contribution in [0.3, 0.4) is 0 Å². The van der Waals surface area contributed by atoms with Gasteiger partial charge in [-0.25, -0.2) is 0 Å². The highest BCUT2D eigenvalue weighted by Crippen LogP contribution is 2.28. The van der Waals surface area contributed by atoms with E-state index in [-0.39, 0.29) is 0 Å². The second-order valence-corrected chi connectivity index (χ2v) is 6.09. The van der Waals surface area contributed by atoms with Gasteiger partial charge in [-0.3, -0.25) is 9.97 Å². The smallest absolute Gasteiger partial charge is 0.112 e. The van der Waals surface area contributed by atoms with Crippen molar-refractivity contribution in [3.8, 4) is 0 Å². The minimum absolute atomic E-state index is 0.825. The van der Waals surface area contributed by atoms with Crippen LogP contribution >= 0.6 is 15.9 Å². The number of rotatable bonds is 7. The van der Waals surface area contributed by atoms with Gasteiger partial charge in [-0.2, -0.15) is 0 Å². The molecule has 2 aromatic rings. The number of pyridine rings is 2. The molecule has 1 fully saturated rings. The highest BCUT2D eigenvalue weighted by molar-refractivity contribution is 9.10. The standard InChI is InChI=1S/C15H18BrN3O/c16-12-8-14-15(19-9-12)13(4-6-18-14)17-5-1-7-20-10-11-2-3-11/h4,6,8-9,11H,1-3,5,7,10H2,(H,17,18). The van der Waals surface area contributed by atoms with Crippen LogP contribution in [0.1, 0.15) is 19.3 Å². The molecule has 0 spiro atoms. The van der Waals surface area contributed by atoms with Crippen LogP contribution in [0.4, 0.5) is 5.69 Å². The lowest BCUT2D eigenvalue weighted by molar-refractivity contribution is 0.124. The zero-order valence-corrected chi connectivity index (χ0v) is 12.9. The third-order valence-corrected chi connectivity index (χ3v) is 3.81. The van der Waals surface area contributed by atoms with Gasteiger partial charge in [0.1, 0.15) is 5.52 Å². The molecule has 3 rings (SSSR count). The first kappa shape index (κ1) is 13.8. The molecular formula is C15H18BrN3O. The van der Waals surface area contributed by atoms with Crippen LogP contribution in [0.5, 0.6) is 0 Å². The minimum atomic E-state index is 0.825. The monoisotopic (exact) mass is 335 g/mol. The van der Waals surface area contributed by atoms with Gasteiger partial charge in [0.2, 0.25) is 0 Å². The number of nitrogens with zero attached hydrogens (tertiary/aromatic N) is 2. The van der Waals surface area contributed by atoms with E-state index < -0.39 is 0 Å². The van der Waals surface area contributed by atoms with Gasteiger partial charge in [-0.05, 0) is 53.2 Å². The van der Waals surface area contributed by atoms with Crippen molar-refractivity contribution in [2.24, 2.45) is 5.92 Å². The van der Waals surface area contributed by atoms with Crippen molar-refractivity contribution in [2.75, 3.05) is 25.1 Å². The highest BCUT2D eigenvalue weighted by atomic mass is 79.9. The lowest BCUT2D eigenvalue weighted by Crippen LogP contribution is -2.07. The number of anilines is 1. The molecule has 1 aliphatic rings. The molecule has 0 bridgehead atoms. The summed E-state index contributed by atoms with van der Waals surface area (Å²) in [5.41, 5.74) is 2.84. The summed E-state index contributed by atoms with van der Waals surface area (Å²) in [6.07, 6.45) is 7.31. The second-order valence-electron chi connectivity index (χ2n) is 5.18. The minimum Gasteiger partial charge on any atom is -0.383 e. The van der Waals surface area contributed by atoms with Gasteiger partial charge in [0.25, 0.3) is 0 Å². The molecule has 0 radical (unpaired) electrons. The number of hydrogen-bond donors (Lipinski definition) is 1. The van der Waals surface area contributed by atoms with E-state index in [0.717, 1.165) is 53.3 Å². The molecule has 1 saturated carbocycles. The molecule has 2 heterocycles. The topological polar surface area (TPSA) is 47.0 Å². The van der Waals surface area contributed by atoms with Gasteiger partial charge in [0, 0.05) is 36.6 Å². The molecule has 20 heavy (non-hydrogen) atoms. The van der Waals surface area contributed by atoms with Gasteiger partial charge in [0.15, 0.2) is 0 Å². The molecule has 0 amide bonds. The predicted molar refractivity (Wildman–Crippen MR) is 83.9 cm³/mol. The number of ether oxygens (including phenoxy) is 1. The average molecular weight is 336 g/mol. The number of fused-ring (bicyclic) bond motifs is 1. The van der Waals surface area contributed by atoms with Crippen molar-refractivity contribution >= 4 is 32.7 Å². The van der Waals surface area contributed by atoms with E-state index in [1.54, 1.807) is 6.20 Å². The quantitative estimate of drug-likeness (QED) is 0.785. The van der Waals surface area contributed by atoms with E-state index in [0.29, 0.717) is 0 Å². The fraction of sp³-hybridized carbons (Fsp3) is 0.467. The maximum absolute atomic E-state index is 5.62. The summed E-state index contributed by atoms with van der Waals surface area (Å²) < 4.78 is 6.57. The summed E-state index contributed by atoms with van der Waals surface area (Å²) in [6, 6.07) is 3.94. The Kier molecular flexibility index (Phi) is 4.47. The average Bonchev–Trinajstić information content (AvgIpc) is 3.26.